The van der Waals surface area contributed by atoms with Gasteiger partial charge in [0.25, 0.3) is 0 Å². The summed E-state index contributed by atoms with van der Waals surface area (Å²) in [5.74, 6) is -0.589. The van der Waals surface area contributed by atoms with Gasteiger partial charge in [-0.2, -0.15) is 0 Å². The fourth-order valence-corrected chi connectivity index (χ4v) is 2.79. The second-order valence-corrected chi connectivity index (χ2v) is 5.94. The van der Waals surface area contributed by atoms with E-state index in [-0.39, 0.29) is 18.5 Å². The quantitative estimate of drug-likeness (QED) is 0.653. The van der Waals surface area contributed by atoms with E-state index in [4.69, 9.17) is 9.47 Å². The first-order chi connectivity index (χ1) is 12.7. The molecule has 0 bridgehead atoms. The van der Waals surface area contributed by atoms with Crippen LogP contribution < -0.4 is 0 Å². The number of nitrogens with one attached hydrogen (secondary N) is 1. The summed E-state index contributed by atoms with van der Waals surface area (Å²) in [5, 5.41) is 0.920. The molecule has 5 heteroatoms. The highest BCUT2D eigenvalue weighted by molar-refractivity contribution is 5.95. The van der Waals surface area contributed by atoms with E-state index in [2.05, 4.69) is 4.98 Å². The van der Waals surface area contributed by atoms with Crippen LogP contribution in [0.1, 0.15) is 34.8 Å². The van der Waals surface area contributed by atoms with Crippen LogP contribution in [-0.2, 0) is 27.3 Å². The molecule has 0 fully saturated rings. The molecule has 0 radical (unpaired) electrons. The highest BCUT2D eigenvalue weighted by atomic mass is 16.5. The van der Waals surface area contributed by atoms with Crippen LogP contribution in [-0.4, -0.2) is 23.5 Å². The molecule has 0 unspecified atom stereocenters. The number of benzene rings is 2. The van der Waals surface area contributed by atoms with Crippen molar-refractivity contribution in [2.24, 2.45) is 0 Å². The van der Waals surface area contributed by atoms with E-state index in [1.165, 1.54) is 0 Å². The zero-order chi connectivity index (χ0) is 18.4. The van der Waals surface area contributed by atoms with Crippen LogP contribution in [0.5, 0.6) is 0 Å². The largest absolute Gasteiger partial charge is 0.466 e. The lowest BCUT2D eigenvalue weighted by molar-refractivity contribution is -0.143. The summed E-state index contributed by atoms with van der Waals surface area (Å²) in [7, 11) is 0. The monoisotopic (exact) mass is 351 g/mol. The molecular formula is C21H21NO4. The Bertz CT molecular complexity index is 899. The Balaban J connectivity index is 1.70. The first-order valence-electron chi connectivity index (χ1n) is 8.64. The van der Waals surface area contributed by atoms with Crippen LogP contribution in [0.3, 0.4) is 0 Å². The molecular weight excluding hydrogens is 330 g/mol. The SMILES string of the molecule is CCOC(=O)CCc1c[nH]c2ccc(C(=O)OCc3ccccc3)cc12. The molecule has 0 amide bonds. The van der Waals surface area contributed by atoms with Crippen molar-refractivity contribution in [3.63, 3.8) is 0 Å². The third-order valence-corrected chi connectivity index (χ3v) is 4.12. The fraction of sp³-hybridized carbons (Fsp3) is 0.238. The molecule has 3 rings (SSSR count). The van der Waals surface area contributed by atoms with Gasteiger partial charge in [-0.3, -0.25) is 4.79 Å². The summed E-state index contributed by atoms with van der Waals surface area (Å²) < 4.78 is 10.4. The molecule has 5 nitrogen and oxygen atoms in total. The van der Waals surface area contributed by atoms with E-state index >= 15 is 0 Å². The first kappa shape index (κ1) is 17.7. The zero-order valence-electron chi connectivity index (χ0n) is 14.7. The van der Waals surface area contributed by atoms with Crippen molar-refractivity contribution in [1.82, 2.24) is 4.98 Å². The zero-order valence-corrected chi connectivity index (χ0v) is 14.7. The molecule has 134 valence electrons. The number of rotatable bonds is 7. The molecule has 1 heterocycles. The van der Waals surface area contributed by atoms with Crippen molar-refractivity contribution in [1.29, 1.82) is 0 Å². The predicted molar refractivity (Wildman–Crippen MR) is 98.8 cm³/mol. The van der Waals surface area contributed by atoms with Crippen molar-refractivity contribution >= 4 is 22.8 Å². The third kappa shape index (κ3) is 4.30. The van der Waals surface area contributed by atoms with Crippen molar-refractivity contribution in [2.75, 3.05) is 6.61 Å². The van der Waals surface area contributed by atoms with Gasteiger partial charge in [-0.1, -0.05) is 30.3 Å². The van der Waals surface area contributed by atoms with E-state index in [0.29, 0.717) is 25.0 Å². The number of aromatic nitrogens is 1. The van der Waals surface area contributed by atoms with Crippen LogP contribution >= 0.6 is 0 Å². The third-order valence-electron chi connectivity index (χ3n) is 4.12. The van der Waals surface area contributed by atoms with Gasteiger partial charge < -0.3 is 14.5 Å². The van der Waals surface area contributed by atoms with Crippen LogP contribution in [0.2, 0.25) is 0 Å². The molecule has 0 aliphatic heterocycles. The maximum atomic E-state index is 12.3. The summed E-state index contributed by atoms with van der Waals surface area (Å²) in [6, 6.07) is 15.0. The molecule has 2 aromatic carbocycles. The number of hydrogen-bond donors (Lipinski definition) is 1. The van der Waals surface area contributed by atoms with Gasteiger partial charge in [-0.05, 0) is 42.7 Å². The molecule has 0 saturated carbocycles. The number of carbonyl (C=O) groups is 2. The molecule has 0 spiro atoms. The molecule has 0 aliphatic carbocycles. The maximum Gasteiger partial charge on any atom is 0.338 e. The van der Waals surface area contributed by atoms with Crippen molar-refractivity contribution < 1.29 is 19.1 Å². The molecule has 0 saturated heterocycles. The molecule has 3 aromatic rings. The molecule has 1 N–H and O–H groups in total. The Kier molecular flexibility index (Phi) is 5.69. The summed E-state index contributed by atoms with van der Waals surface area (Å²) in [6.45, 7) is 2.40. The number of hydrogen-bond acceptors (Lipinski definition) is 4. The number of fused-ring (bicyclic) bond motifs is 1. The van der Waals surface area contributed by atoms with Gasteiger partial charge in [-0.15, -0.1) is 0 Å². The van der Waals surface area contributed by atoms with Crippen LogP contribution in [0.25, 0.3) is 10.9 Å². The number of H-pyrrole nitrogens is 1. The Morgan fingerprint density at radius 1 is 1.04 bits per heavy atom. The number of aryl methyl sites for hydroxylation is 1. The molecule has 0 aliphatic rings. The van der Waals surface area contributed by atoms with Crippen molar-refractivity contribution in [3.8, 4) is 0 Å². The lowest BCUT2D eigenvalue weighted by Gasteiger charge is -2.06. The smallest absolute Gasteiger partial charge is 0.338 e. The average Bonchev–Trinajstić information content (AvgIpc) is 3.08. The van der Waals surface area contributed by atoms with Gasteiger partial charge in [0.05, 0.1) is 12.2 Å². The Morgan fingerprint density at radius 2 is 1.85 bits per heavy atom. The number of aromatic amines is 1. The van der Waals surface area contributed by atoms with Gasteiger partial charge >= 0.3 is 11.9 Å². The summed E-state index contributed by atoms with van der Waals surface area (Å²) in [5.41, 5.74) is 3.33. The highest BCUT2D eigenvalue weighted by Gasteiger charge is 2.12. The highest BCUT2D eigenvalue weighted by Crippen LogP contribution is 2.22. The Hall–Kier alpha value is -3.08. The van der Waals surface area contributed by atoms with Gasteiger partial charge in [0.2, 0.25) is 0 Å². The summed E-state index contributed by atoms with van der Waals surface area (Å²) in [6.07, 6.45) is 2.73. The second kappa shape index (κ2) is 8.34. The minimum Gasteiger partial charge on any atom is -0.466 e. The summed E-state index contributed by atoms with van der Waals surface area (Å²) in [4.78, 5) is 27.1. The topological polar surface area (TPSA) is 68.4 Å². The van der Waals surface area contributed by atoms with Crippen LogP contribution in [0.4, 0.5) is 0 Å². The number of esters is 2. The fourth-order valence-electron chi connectivity index (χ4n) is 2.79. The van der Waals surface area contributed by atoms with E-state index < -0.39 is 0 Å². The number of ether oxygens (including phenoxy) is 2. The van der Waals surface area contributed by atoms with Crippen LogP contribution in [0, 0.1) is 0 Å². The van der Waals surface area contributed by atoms with E-state index in [9.17, 15) is 9.59 Å². The normalized spacial score (nSPS) is 10.7. The lowest BCUT2D eigenvalue weighted by atomic mass is 10.1. The number of carbonyl (C=O) groups excluding carboxylic acids is 2. The summed E-state index contributed by atoms with van der Waals surface area (Å²) >= 11 is 0. The first-order valence-corrected chi connectivity index (χ1v) is 8.64. The van der Waals surface area contributed by atoms with Crippen molar-refractivity contribution in [3.05, 3.63) is 71.4 Å². The van der Waals surface area contributed by atoms with Gasteiger partial charge in [0.1, 0.15) is 6.61 Å². The minimum absolute atomic E-state index is 0.222. The van der Waals surface area contributed by atoms with E-state index in [1.807, 2.05) is 42.6 Å². The standard InChI is InChI=1S/C21H21NO4/c1-2-25-20(23)11-9-17-13-22-19-10-8-16(12-18(17)19)21(24)26-14-15-6-4-3-5-7-15/h3-8,10,12-13,22H,2,9,11,14H2,1H3. The Labute approximate surface area is 151 Å². The van der Waals surface area contributed by atoms with Crippen molar-refractivity contribution in [2.45, 2.75) is 26.4 Å². The molecule has 0 atom stereocenters. The minimum atomic E-state index is -0.367. The van der Waals surface area contributed by atoms with Gasteiger partial charge in [0, 0.05) is 23.5 Å². The van der Waals surface area contributed by atoms with Gasteiger partial charge in [0.15, 0.2) is 0 Å². The van der Waals surface area contributed by atoms with Gasteiger partial charge in [-0.25, -0.2) is 4.79 Å². The average molecular weight is 351 g/mol. The second-order valence-electron chi connectivity index (χ2n) is 5.94. The van der Waals surface area contributed by atoms with Crippen LogP contribution in [0.15, 0.2) is 54.7 Å². The lowest BCUT2D eigenvalue weighted by Crippen LogP contribution is -2.06. The maximum absolute atomic E-state index is 12.3. The Morgan fingerprint density at radius 3 is 2.62 bits per heavy atom. The van der Waals surface area contributed by atoms with E-state index in [0.717, 1.165) is 22.0 Å². The molecule has 1 aromatic heterocycles. The van der Waals surface area contributed by atoms with E-state index in [1.54, 1.807) is 19.1 Å². The predicted octanol–water partition coefficient (Wildman–Crippen LogP) is 4.02. The molecule has 26 heavy (non-hydrogen) atoms.